The minimum absolute atomic E-state index is 0.471. The van der Waals surface area contributed by atoms with Crippen LogP contribution in [0.25, 0.3) is 0 Å². The van der Waals surface area contributed by atoms with E-state index in [-0.39, 0.29) is 0 Å². The van der Waals surface area contributed by atoms with Gasteiger partial charge in [0.1, 0.15) is 0 Å². The molecule has 1 aliphatic heterocycles. The van der Waals surface area contributed by atoms with Crippen molar-refractivity contribution in [2.45, 2.75) is 64.5 Å². The quantitative estimate of drug-likeness (QED) is 0.736. The van der Waals surface area contributed by atoms with E-state index in [1.807, 2.05) is 0 Å². The van der Waals surface area contributed by atoms with Crippen molar-refractivity contribution in [1.29, 1.82) is 0 Å². The summed E-state index contributed by atoms with van der Waals surface area (Å²) < 4.78 is 0. The van der Waals surface area contributed by atoms with Gasteiger partial charge in [-0.1, -0.05) is 20.3 Å². The molecule has 0 spiro atoms. The molecule has 2 aliphatic carbocycles. The van der Waals surface area contributed by atoms with E-state index in [1.165, 1.54) is 77.8 Å². The van der Waals surface area contributed by atoms with E-state index in [1.54, 1.807) is 0 Å². The highest BCUT2D eigenvalue weighted by Crippen LogP contribution is 2.30. The zero-order chi connectivity index (χ0) is 14.0. The van der Waals surface area contributed by atoms with Crippen molar-refractivity contribution in [3.8, 4) is 0 Å². The first-order valence-corrected chi connectivity index (χ1v) is 8.88. The van der Waals surface area contributed by atoms with Gasteiger partial charge in [0.2, 0.25) is 0 Å². The molecule has 1 heterocycles. The number of nitrogens with one attached hydrogen (secondary N) is 1. The maximum absolute atomic E-state index is 3.77. The number of nitrogens with zero attached hydrogens (tertiary/aromatic N) is 2. The second-order valence-corrected chi connectivity index (χ2v) is 7.76. The first kappa shape index (κ1) is 14.8. The molecular formula is C17H33N3. The summed E-state index contributed by atoms with van der Waals surface area (Å²) in [7, 11) is 0. The third-order valence-corrected chi connectivity index (χ3v) is 5.32. The van der Waals surface area contributed by atoms with Gasteiger partial charge in [-0.3, -0.25) is 4.90 Å². The molecule has 0 amide bonds. The van der Waals surface area contributed by atoms with E-state index in [4.69, 9.17) is 0 Å². The number of hydrogen-bond donors (Lipinski definition) is 1. The van der Waals surface area contributed by atoms with E-state index in [2.05, 4.69) is 29.0 Å². The maximum Gasteiger partial charge on any atom is 0.0113 e. The SMILES string of the molecule is CCCC(C)(CNC1CC1)CN1CCN(C2CC2)CC1. The Bertz CT molecular complexity index is 303. The minimum Gasteiger partial charge on any atom is -0.313 e. The van der Waals surface area contributed by atoms with Crippen LogP contribution in [0.5, 0.6) is 0 Å². The summed E-state index contributed by atoms with van der Waals surface area (Å²) in [5, 5.41) is 3.77. The monoisotopic (exact) mass is 279 g/mol. The lowest BCUT2D eigenvalue weighted by molar-refractivity contribution is 0.0821. The minimum atomic E-state index is 0.471. The van der Waals surface area contributed by atoms with Gasteiger partial charge in [-0.2, -0.15) is 0 Å². The molecule has 0 aromatic rings. The van der Waals surface area contributed by atoms with E-state index in [0.29, 0.717) is 5.41 Å². The van der Waals surface area contributed by atoms with Crippen LogP contribution >= 0.6 is 0 Å². The molecule has 0 radical (unpaired) electrons. The Morgan fingerprint density at radius 3 is 2.30 bits per heavy atom. The fourth-order valence-electron chi connectivity index (χ4n) is 3.77. The smallest absolute Gasteiger partial charge is 0.0113 e. The molecule has 3 nitrogen and oxygen atoms in total. The van der Waals surface area contributed by atoms with Crippen molar-refractivity contribution in [2.75, 3.05) is 39.3 Å². The molecule has 3 fully saturated rings. The van der Waals surface area contributed by atoms with Gasteiger partial charge in [0, 0.05) is 51.4 Å². The van der Waals surface area contributed by atoms with Crippen molar-refractivity contribution < 1.29 is 0 Å². The Morgan fingerprint density at radius 1 is 1.05 bits per heavy atom. The summed E-state index contributed by atoms with van der Waals surface area (Å²) in [5.74, 6) is 0. The molecule has 0 aromatic carbocycles. The van der Waals surface area contributed by atoms with Crippen LogP contribution in [-0.4, -0.2) is 61.2 Å². The largest absolute Gasteiger partial charge is 0.313 e. The highest BCUT2D eigenvalue weighted by atomic mass is 15.3. The van der Waals surface area contributed by atoms with Crippen molar-refractivity contribution >= 4 is 0 Å². The van der Waals surface area contributed by atoms with Gasteiger partial charge in [-0.05, 0) is 37.5 Å². The maximum atomic E-state index is 3.77. The molecule has 1 N–H and O–H groups in total. The Balaban J connectivity index is 1.44. The van der Waals surface area contributed by atoms with E-state index >= 15 is 0 Å². The lowest BCUT2D eigenvalue weighted by atomic mass is 9.84. The average Bonchev–Trinajstić information content (AvgIpc) is 3.29. The fourth-order valence-corrected chi connectivity index (χ4v) is 3.77. The van der Waals surface area contributed by atoms with E-state index < -0.39 is 0 Å². The molecule has 3 heteroatoms. The number of hydrogen-bond acceptors (Lipinski definition) is 3. The van der Waals surface area contributed by atoms with Crippen LogP contribution in [-0.2, 0) is 0 Å². The highest BCUT2D eigenvalue weighted by molar-refractivity contribution is 4.90. The van der Waals surface area contributed by atoms with Gasteiger partial charge in [0.15, 0.2) is 0 Å². The van der Waals surface area contributed by atoms with Gasteiger partial charge in [-0.15, -0.1) is 0 Å². The van der Waals surface area contributed by atoms with Gasteiger partial charge >= 0.3 is 0 Å². The number of rotatable bonds is 8. The summed E-state index contributed by atoms with van der Waals surface area (Å²) in [6.45, 7) is 12.5. The predicted molar refractivity (Wildman–Crippen MR) is 85.1 cm³/mol. The summed E-state index contributed by atoms with van der Waals surface area (Å²) in [6, 6.07) is 1.80. The molecule has 116 valence electrons. The normalized spacial score (nSPS) is 28.5. The van der Waals surface area contributed by atoms with E-state index in [9.17, 15) is 0 Å². The van der Waals surface area contributed by atoms with Crippen LogP contribution in [0.2, 0.25) is 0 Å². The Hall–Kier alpha value is -0.120. The van der Waals surface area contributed by atoms with Crippen LogP contribution in [0, 0.1) is 5.41 Å². The molecular weight excluding hydrogens is 246 g/mol. The van der Waals surface area contributed by atoms with Crippen molar-refractivity contribution in [3.63, 3.8) is 0 Å². The molecule has 0 bridgehead atoms. The zero-order valence-corrected chi connectivity index (χ0v) is 13.5. The third kappa shape index (κ3) is 4.19. The van der Waals surface area contributed by atoms with Crippen molar-refractivity contribution in [3.05, 3.63) is 0 Å². The van der Waals surface area contributed by atoms with Crippen molar-refractivity contribution in [2.24, 2.45) is 5.41 Å². The van der Waals surface area contributed by atoms with Gasteiger partial charge in [-0.25, -0.2) is 0 Å². The molecule has 3 aliphatic rings. The van der Waals surface area contributed by atoms with Crippen LogP contribution in [0.4, 0.5) is 0 Å². The summed E-state index contributed by atoms with van der Waals surface area (Å²) in [6.07, 6.45) is 8.39. The molecule has 0 aromatic heterocycles. The Labute approximate surface area is 125 Å². The van der Waals surface area contributed by atoms with Gasteiger partial charge in [0.05, 0.1) is 0 Å². The second kappa shape index (κ2) is 6.33. The summed E-state index contributed by atoms with van der Waals surface area (Å²) in [4.78, 5) is 5.44. The van der Waals surface area contributed by atoms with Crippen LogP contribution < -0.4 is 5.32 Å². The number of piperazine rings is 1. The van der Waals surface area contributed by atoms with Crippen LogP contribution in [0.3, 0.4) is 0 Å². The van der Waals surface area contributed by atoms with Crippen LogP contribution in [0.15, 0.2) is 0 Å². The van der Waals surface area contributed by atoms with Crippen LogP contribution in [0.1, 0.15) is 52.4 Å². The molecule has 20 heavy (non-hydrogen) atoms. The van der Waals surface area contributed by atoms with Gasteiger partial charge in [0.25, 0.3) is 0 Å². The van der Waals surface area contributed by atoms with E-state index in [0.717, 1.165) is 12.1 Å². The predicted octanol–water partition coefficient (Wildman–Crippen LogP) is 2.32. The standard InChI is InChI=1S/C17H33N3/c1-3-8-17(2,13-18-15-4-5-15)14-19-9-11-20(12-10-19)16-6-7-16/h15-16,18H,3-14H2,1-2H3. The molecule has 1 atom stereocenters. The Kier molecular flexibility index (Phi) is 4.68. The Morgan fingerprint density at radius 2 is 1.75 bits per heavy atom. The topological polar surface area (TPSA) is 18.5 Å². The molecule has 2 saturated carbocycles. The molecule has 3 rings (SSSR count). The first-order valence-electron chi connectivity index (χ1n) is 8.88. The molecule has 1 saturated heterocycles. The first-order chi connectivity index (χ1) is 9.68. The summed E-state index contributed by atoms with van der Waals surface area (Å²) in [5.41, 5.74) is 0.471. The van der Waals surface area contributed by atoms with Gasteiger partial charge < -0.3 is 10.2 Å². The third-order valence-electron chi connectivity index (χ3n) is 5.32. The lowest BCUT2D eigenvalue weighted by Crippen LogP contribution is -2.51. The highest BCUT2D eigenvalue weighted by Gasteiger charge is 2.34. The fraction of sp³-hybridized carbons (Fsp3) is 1.00. The second-order valence-electron chi connectivity index (χ2n) is 7.76. The summed E-state index contributed by atoms with van der Waals surface area (Å²) >= 11 is 0. The average molecular weight is 279 g/mol. The van der Waals surface area contributed by atoms with Crippen molar-refractivity contribution in [1.82, 2.24) is 15.1 Å². The lowest BCUT2D eigenvalue weighted by Gasteiger charge is -2.40. The zero-order valence-electron chi connectivity index (χ0n) is 13.5. The molecule has 1 unspecified atom stereocenters.